The molecule has 0 unspecified atom stereocenters. The summed E-state index contributed by atoms with van der Waals surface area (Å²) in [5.41, 5.74) is 1.09. The van der Waals surface area contributed by atoms with Gasteiger partial charge in [0.25, 0.3) is 5.91 Å². The Morgan fingerprint density at radius 1 is 1.42 bits per heavy atom. The summed E-state index contributed by atoms with van der Waals surface area (Å²) in [6.45, 7) is 5.57. The van der Waals surface area contributed by atoms with E-state index in [-0.39, 0.29) is 11.5 Å². The van der Waals surface area contributed by atoms with Gasteiger partial charge >= 0.3 is 0 Å². The number of rotatable bonds is 3. The highest BCUT2D eigenvalue weighted by molar-refractivity contribution is 6.10. The number of aryl methyl sites for hydroxylation is 1. The Kier molecular flexibility index (Phi) is 5.00. The number of carbonyl (C=O) groups is 1. The molecule has 0 bridgehead atoms. The summed E-state index contributed by atoms with van der Waals surface area (Å²) < 4.78 is 1.35. The summed E-state index contributed by atoms with van der Waals surface area (Å²) in [7, 11) is 3.17. The highest BCUT2D eigenvalue weighted by Gasteiger charge is 2.07. The molecule has 0 saturated heterocycles. The lowest BCUT2D eigenvalue weighted by molar-refractivity contribution is 0.0976. The third kappa shape index (κ3) is 4.39. The zero-order chi connectivity index (χ0) is 14.4. The second-order valence-corrected chi connectivity index (χ2v) is 4.11. The molecule has 0 fully saturated rings. The van der Waals surface area contributed by atoms with E-state index >= 15 is 0 Å². The fourth-order valence-electron chi connectivity index (χ4n) is 1.31. The fraction of sp³-hybridized carbons (Fsp3) is 0.214. The minimum atomic E-state index is -0.317. The van der Waals surface area contributed by atoms with E-state index in [0.29, 0.717) is 11.4 Å². The second kappa shape index (κ2) is 6.49. The highest BCUT2D eigenvalue weighted by Crippen LogP contribution is 1.96. The van der Waals surface area contributed by atoms with Gasteiger partial charge in [-0.1, -0.05) is 18.2 Å². The van der Waals surface area contributed by atoms with Crippen molar-refractivity contribution < 1.29 is 4.79 Å². The van der Waals surface area contributed by atoms with Gasteiger partial charge in [-0.25, -0.2) is 0 Å². The van der Waals surface area contributed by atoms with E-state index < -0.39 is 0 Å². The number of allylic oxidation sites excluding steroid dienone is 2. The van der Waals surface area contributed by atoms with Crippen molar-refractivity contribution in [3.8, 4) is 0 Å². The standard InChI is InChI=1S/C14H17N3O2/c1-10(2)5-7-12(15-3)16-14(19)11-6-8-13(18)17(4)9-11/h5-9H,1H2,2-4H3,(H,15,16,19)/b7-5-. The van der Waals surface area contributed by atoms with Gasteiger partial charge in [-0.15, -0.1) is 0 Å². The largest absolute Gasteiger partial charge is 0.318 e. The first-order valence-electron chi connectivity index (χ1n) is 5.72. The molecule has 19 heavy (non-hydrogen) atoms. The molecular weight excluding hydrogens is 242 g/mol. The third-order valence-electron chi connectivity index (χ3n) is 2.36. The molecular formula is C14H17N3O2. The number of aromatic nitrogens is 1. The quantitative estimate of drug-likeness (QED) is 0.505. The average Bonchev–Trinajstić information content (AvgIpc) is 2.37. The fourth-order valence-corrected chi connectivity index (χ4v) is 1.31. The van der Waals surface area contributed by atoms with Crippen molar-refractivity contribution in [2.24, 2.45) is 12.0 Å². The smallest absolute Gasteiger partial charge is 0.258 e. The van der Waals surface area contributed by atoms with Gasteiger partial charge < -0.3 is 9.88 Å². The summed E-state index contributed by atoms with van der Waals surface area (Å²) >= 11 is 0. The molecule has 5 heteroatoms. The maximum Gasteiger partial charge on any atom is 0.258 e. The van der Waals surface area contributed by atoms with E-state index in [1.807, 2.05) is 6.92 Å². The number of aliphatic imine (C=N–C) groups is 1. The maximum atomic E-state index is 12.0. The molecule has 0 spiro atoms. The summed E-state index contributed by atoms with van der Waals surface area (Å²) in [6.07, 6.45) is 4.90. The Balaban J connectivity index is 2.86. The van der Waals surface area contributed by atoms with Crippen LogP contribution in [-0.4, -0.2) is 23.4 Å². The van der Waals surface area contributed by atoms with Crippen molar-refractivity contribution in [3.05, 3.63) is 58.6 Å². The summed E-state index contributed by atoms with van der Waals surface area (Å²) in [5.74, 6) is 0.115. The Hall–Kier alpha value is -2.43. The van der Waals surface area contributed by atoms with E-state index in [1.54, 1.807) is 26.2 Å². The van der Waals surface area contributed by atoms with Crippen LogP contribution < -0.4 is 10.9 Å². The number of pyridine rings is 1. The lowest BCUT2D eigenvalue weighted by Gasteiger charge is -2.05. The summed E-state index contributed by atoms with van der Waals surface area (Å²) in [6, 6.07) is 2.83. The van der Waals surface area contributed by atoms with Crippen molar-refractivity contribution in [2.75, 3.05) is 7.05 Å². The molecule has 1 aromatic heterocycles. The van der Waals surface area contributed by atoms with Crippen molar-refractivity contribution in [2.45, 2.75) is 6.92 Å². The molecule has 1 amide bonds. The SMILES string of the molecule is C=C(C)/C=C\C(=NC)NC(=O)c1ccc(=O)n(C)c1. The lowest BCUT2D eigenvalue weighted by Crippen LogP contribution is -2.30. The summed E-state index contributed by atoms with van der Waals surface area (Å²) in [4.78, 5) is 27.1. The predicted octanol–water partition coefficient (Wildman–Crippen LogP) is 1.28. The number of carbonyl (C=O) groups excluding carboxylic acids is 1. The molecule has 100 valence electrons. The van der Waals surface area contributed by atoms with Crippen LogP contribution in [0.3, 0.4) is 0 Å². The van der Waals surface area contributed by atoms with Crippen molar-refractivity contribution in [1.29, 1.82) is 0 Å². The van der Waals surface area contributed by atoms with Crippen LogP contribution in [0.4, 0.5) is 0 Å². The first-order valence-corrected chi connectivity index (χ1v) is 5.72. The first kappa shape index (κ1) is 14.6. The van der Waals surface area contributed by atoms with Crippen LogP contribution in [0.15, 0.2) is 52.4 Å². The van der Waals surface area contributed by atoms with E-state index in [0.717, 1.165) is 5.57 Å². The molecule has 0 aliphatic carbocycles. The minimum Gasteiger partial charge on any atom is -0.318 e. The number of hydrogen-bond acceptors (Lipinski definition) is 3. The number of nitrogens with zero attached hydrogens (tertiary/aromatic N) is 2. The van der Waals surface area contributed by atoms with E-state index in [2.05, 4.69) is 16.9 Å². The van der Waals surface area contributed by atoms with Crippen molar-refractivity contribution >= 4 is 11.7 Å². The molecule has 1 heterocycles. The minimum absolute atomic E-state index is 0.164. The monoisotopic (exact) mass is 259 g/mol. The molecule has 5 nitrogen and oxygen atoms in total. The Bertz CT molecular complexity index is 609. The average molecular weight is 259 g/mol. The third-order valence-corrected chi connectivity index (χ3v) is 2.36. The van der Waals surface area contributed by atoms with Crippen LogP contribution >= 0.6 is 0 Å². The first-order chi connectivity index (χ1) is 8.93. The molecule has 0 atom stereocenters. The maximum absolute atomic E-state index is 12.0. The molecule has 1 aromatic rings. The van der Waals surface area contributed by atoms with Crippen molar-refractivity contribution in [1.82, 2.24) is 9.88 Å². The molecule has 1 N–H and O–H groups in total. The molecule has 0 saturated carbocycles. The van der Waals surface area contributed by atoms with Crippen LogP contribution in [0.5, 0.6) is 0 Å². The van der Waals surface area contributed by atoms with Gasteiger partial charge in [0.15, 0.2) is 0 Å². The van der Waals surface area contributed by atoms with Gasteiger partial charge in [-0.05, 0) is 19.1 Å². The van der Waals surface area contributed by atoms with Gasteiger partial charge in [0.2, 0.25) is 5.56 Å². The van der Waals surface area contributed by atoms with Gasteiger partial charge in [-0.3, -0.25) is 14.6 Å². The van der Waals surface area contributed by atoms with Crippen LogP contribution in [-0.2, 0) is 7.05 Å². The predicted molar refractivity (Wildman–Crippen MR) is 76.5 cm³/mol. The van der Waals surface area contributed by atoms with E-state index in [4.69, 9.17) is 0 Å². The number of amidine groups is 1. The zero-order valence-corrected chi connectivity index (χ0v) is 11.3. The molecule has 0 aliphatic heterocycles. The normalized spacial score (nSPS) is 11.6. The lowest BCUT2D eigenvalue weighted by atomic mass is 10.2. The van der Waals surface area contributed by atoms with Crippen LogP contribution in [0.2, 0.25) is 0 Å². The zero-order valence-electron chi connectivity index (χ0n) is 11.3. The van der Waals surface area contributed by atoms with Gasteiger partial charge in [0.05, 0.1) is 5.56 Å². The van der Waals surface area contributed by atoms with Crippen LogP contribution in [0, 0.1) is 0 Å². The molecule has 0 aliphatic rings. The number of amides is 1. The van der Waals surface area contributed by atoms with Gasteiger partial charge in [0.1, 0.15) is 5.84 Å². The van der Waals surface area contributed by atoms with E-state index in [1.165, 1.54) is 22.9 Å². The van der Waals surface area contributed by atoms with E-state index in [9.17, 15) is 9.59 Å². The highest BCUT2D eigenvalue weighted by atomic mass is 16.2. The van der Waals surface area contributed by atoms with Gasteiger partial charge in [0, 0.05) is 26.4 Å². The Morgan fingerprint density at radius 2 is 2.11 bits per heavy atom. The Morgan fingerprint density at radius 3 is 2.63 bits per heavy atom. The van der Waals surface area contributed by atoms with Crippen molar-refractivity contribution in [3.63, 3.8) is 0 Å². The van der Waals surface area contributed by atoms with Crippen LogP contribution in [0.1, 0.15) is 17.3 Å². The number of nitrogens with one attached hydrogen (secondary N) is 1. The second-order valence-electron chi connectivity index (χ2n) is 4.11. The van der Waals surface area contributed by atoms with Gasteiger partial charge in [-0.2, -0.15) is 0 Å². The molecule has 1 rings (SSSR count). The Labute approximate surface area is 112 Å². The number of hydrogen-bond donors (Lipinski definition) is 1. The molecule has 0 aromatic carbocycles. The topological polar surface area (TPSA) is 63.5 Å². The molecule has 0 radical (unpaired) electrons. The summed E-state index contributed by atoms with van der Waals surface area (Å²) in [5, 5.41) is 2.65. The van der Waals surface area contributed by atoms with Crippen LogP contribution in [0.25, 0.3) is 0 Å².